The van der Waals surface area contributed by atoms with Crippen LogP contribution in [-0.4, -0.2) is 41.9 Å². The minimum Gasteiger partial charge on any atom is -0.341 e. The minimum absolute atomic E-state index is 0.0782. The molecule has 0 radical (unpaired) electrons. The first-order valence-electron chi connectivity index (χ1n) is 7.71. The second kappa shape index (κ2) is 7.41. The molecule has 1 amide bonds. The molecule has 4 heteroatoms. The molecule has 1 heterocycles. The maximum absolute atomic E-state index is 12.6. The summed E-state index contributed by atoms with van der Waals surface area (Å²) in [6.45, 7) is 6.88. The van der Waals surface area contributed by atoms with E-state index in [1.165, 1.54) is 5.56 Å². The van der Waals surface area contributed by atoms with E-state index in [1.807, 2.05) is 37.1 Å². The number of hydrogen-bond donors (Lipinski definition) is 0. The van der Waals surface area contributed by atoms with Crippen LogP contribution < -0.4 is 0 Å². The average Bonchev–Trinajstić information content (AvgIpc) is 2.49. The number of rotatable bonds is 4. The quantitative estimate of drug-likeness (QED) is 0.827. The number of benzene rings is 1. The Balaban J connectivity index is 1.94. The number of amides is 1. The largest absolute Gasteiger partial charge is 0.341 e. The number of halogens is 1. The van der Waals surface area contributed by atoms with E-state index in [9.17, 15) is 4.79 Å². The van der Waals surface area contributed by atoms with Crippen molar-refractivity contribution in [1.29, 1.82) is 0 Å². The first-order chi connectivity index (χ1) is 9.99. The van der Waals surface area contributed by atoms with Crippen molar-refractivity contribution >= 4 is 21.8 Å². The van der Waals surface area contributed by atoms with E-state index in [2.05, 4.69) is 33.8 Å². The topological polar surface area (TPSA) is 23.6 Å². The van der Waals surface area contributed by atoms with Gasteiger partial charge in [-0.2, -0.15) is 0 Å². The Hall–Kier alpha value is -0.870. The Morgan fingerprint density at radius 2 is 2.00 bits per heavy atom. The fourth-order valence-electron chi connectivity index (χ4n) is 2.71. The van der Waals surface area contributed by atoms with Crippen LogP contribution in [0.2, 0.25) is 0 Å². The van der Waals surface area contributed by atoms with Crippen molar-refractivity contribution in [3.63, 3.8) is 0 Å². The molecule has 1 aliphatic heterocycles. The van der Waals surface area contributed by atoms with Crippen LogP contribution in [0.25, 0.3) is 0 Å². The van der Waals surface area contributed by atoms with Crippen molar-refractivity contribution in [1.82, 2.24) is 9.80 Å². The molecule has 1 aliphatic rings. The third kappa shape index (κ3) is 4.30. The first kappa shape index (κ1) is 16.5. The summed E-state index contributed by atoms with van der Waals surface area (Å²) in [4.78, 5) is 16.7. The van der Waals surface area contributed by atoms with E-state index in [1.54, 1.807) is 0 Å². The number of carbonyl (C=O) groups excluding carboxylic acids is 1. The van der Waals surface area contributed by atoms with Crippen molar-refractivity contribution in [2.75, 3.05) is 20.1 Å². The van der Waals surface area contributed by atoms with Gasteiger partial charge in [0.2, 0.25) is 5.91 Å². The zero-order chi connectivity index (χ0) is 15.4. The fourth-order valence-corrected chi connectivity index (χ4v) is 3.12. The molecular formula is C17H25BrN2O. The number of piperidine rings is 1. The summed E-state index contributed by atoms with van der Waals surface area (Å²) < 4.78 is 1.10. The van der Waals surface area contributed by atoms with Gasteiger partial charge in [-0.1, -0.05) is 41.1 Å². The van der Waals surface area contributed by atoms with Gasteiger partial charge >= 0.3 is 0 Å². The normalized spacial score (nSPS) is 18.0. The van der Waals surface area contributed by atoms with E-state index < -0.39 is 0 Å². The monoisotopic (exact) mass is 352 g/mol. The van der Waals surface area contributed by atoms with Crippen molar-refractivity contribution < 1.29 is 4.79 Å². The van der Waals surface area contributed by atoms with Gasteiger partial charge in [-0.3, -0.25) is 9.69 Å². The molecule has 1 unspecified atom stereocenters. The summed E-state index contributed by atoms with van der Waals surface area (Å²) in [5.41, 5.74) is 1.21. The van der Waals surface area contributed by atoms with Crippen molar-refractivity contribution in [3.05, 3.63) is 34.3 Å². The van der Waals surface area contributed by atoms with Crippen LogP contribution in [0.4, 0.5) is 0 Å². The predicted molar refractivity (Wildman–Crippen MR) is 90.0 cm³/mol. The lowest BCUT2D eigenvalue weighted by Crippen LogP contribution is -2.48. The smallest absolute Gasteiger partial charge is 0.239 e. The van der Waals surface area contributed by atoms with Gasteiger partial charge < -0.3 is 4.90 Å². The minimum atomic E-state index is -0.0782. The summed E-state index contributed by atoms with van der Waals surface area (Å²) in [6.07, 6.45) is 2.26. The van der Waals surface area contributed by atoms with Crippen LogP contribution in [0.5, 0.6) is 0 Å². The Morgan fingerprint density at radius 3 is 2.62 bits per heavy atom. The highest BCUT2D eigenvalue weighted by Crippen LogP contribution is 2.20. The third-order valence-electron chi connectivity index (χ3n) is 4.49. The average molecular weight is 353 g/mol. The van der Waals surface area contributed by atoms with Gasteiger partial charge in [-0.05, 0) is 44.4 Å². The molecule has 3 nitrogen and oxygen atoms in total. The Bertz CT molecular complexity index is 483. The highest BCUT2D eigenvalue weighted by Gasteiger charge is 2.26. The van der Waals surface area contributed by atoms with Gasteiger partial charge in [-0.15, -0.1) is 0 Å². The Morgan fingerprint density at radius 1 is 1.38 bits per heavy atom. The second-order valence-corrected chi connectivity index (χ2v) is 7.04. The van der Waals surface area contributed by atoms with Gasteiger partial charge in [-0.25, -0.2) is 0 Å². The van der Waals surface area contributed by atoms with Crippen LogP contribution >= 0.6 is 15.9 Å². The van der Waals surface area contributed by atoms with Crippen LogP contribution in [0.1, 0.15) is 32.3 Å². The maximum atomic E-state index is 12.6. The maximum Gasteiger partial charge on any atom is 0.239 e. The summed E-state index contributed by atoms with van der Waals surface area (Å²) >= 11 is 3.57. The number of carbonyl (C=O) groups is 1. The van der Waals surface area contributed by atoms with E-state index in [4.69, 9.17) is 0 Å². The van der Waals surface area contributed by atoms with Crippen LogP contribution in [0.3, 0.4) is 0 Å². The van der Waals surface area contributed by atoms with Gasteiger partial charge in [0.05, 0.1) is 6.04 Å². The molecule has 0 spiro atoms. The van der Waals surface area contributed by atoms with Crippen molar-refractivity contribution in [2.45, 2.75) is 39.3 Å². The molecule has 0 saturated carbocycles. The number of likely N-dealkylation sites (N-methyl/N-ethyl adjacent to an activating group) is 1. The lowest BCUT2D eigenvalue weighted by atomic mass is 9.98. The summed E-state index contributed by atoms with van der Waals surface area (Å²) in [5, 5.41) is 0. The van der Waals surface area contributed by atoms with Crippen LogP contribution in [0.15, 0.2) is 28.7 Å². The van der Waals surface area contributed by atoms with E-state index in [0.29, 0.717) is 0 Å². The molecule has 1 fully saturated rings. The second-order valence-electron chi connectivity index (χ2n) is 6.19. The highest BCUT2D eigenvalue weighted by atomic mass is 79.9. The fraction of sp³-hybridized carbons (Fsp3) is 0.588. The number of likely N-dealkylation sites (tertiary alicyclic amines) is 1. The molecule has 116 valence electrons. The van der Waals surface area contributed by atoms with Crippen molar-refractivity contribution in [2.24, 2.45) is 5.92 Å². The van der Waals surface area contributed by atoms with Gasteiger partial charge in [0.15, 0.2) is 0 Å². The molecule has 0 bridgehead atoms. The molecule has 0 N–H and O–H groups in total. The Labute approximate surface area is 136 Å². The van der Waals surface area contributed by atoms with E-state index in [0.717, 1.165) is 42.9 Å². The first-order valence-corrected chi connectivity index (χ1v) is 8.50. The van der Waals surface area contributed by atoms with E-state index in [-0.39, 0.29) is 11.9 Å². The van der Waals surface area contributed by atoms with Gasteiger partial charge in [0.1, 0.15) is 0 Å². The molecule has 1 saturated heterocycles. The molecule has 0 aromatic heterocycles. The lowest BCUT2D eigenvalue weighted by molar-refractivity contribution is -0.137. The highest BCUT2D eigenvalue weighted by molar-refractivity contribution is 9.10. The summed E-state index contributed by atoms with van der Waals surface area (Å²) in [6, 6.07) is 8.11. The molecule has 2 rings (SSSR count). The van der Waals surface area contributed by atoms with Crippen molar-refractivity contribution in [3.8, 4) is 0 Å². The zero-order valence-electron chi connectivity index (χ0n) is 13.2. The lowest BCUT2D eigenvalue weighted by Gasteiger charge is -2.34. The molecule has 1 aromatic rings. The molecule has 1 aromatic carbocycles. The van der Waals surface area contributed by atoms with Gasteiger partial charge in [0, 0.05) is 24.1 Å². The molecule has 21 heavy (non-hydrogen) atoms. The van der Waals surface area contributed by atoms with Gasteiger partial charge in [0.25, 0.3) is 0 Å². The standard InChI is InChI=1S/C17H25BrN2O/c1-13-8-10-20(11-9-13)17(21)14(2)19(3)12-15-6-4-5-7-16(15)18/h4-7,13-14H,8-12H2,1-3H3. The predicted octanol–water partition coefficient (Wildman–Crippen LogP) is 3.53. The third-order valence-corrected chi connectivity index (χ3v) is 5.27. The van der Waals surface area contributed by atoms with Crippen LogP contribution in [-0.2, 0) is 11.3 Å². The van der Waals surface area contributed by atoms with Crippen LogP contribution in [0, 0.1) is 5.92 Å². The SMILES string of the molecule is CC1CCN(C(=O)C(C)N(C)Cc2ccccc2Br)CC1. The number of nitrogens with zero attached hydrogens (tertiary/aromatic N) is 2. The number of hydrogen-bond acceptors (Lipinski definition) is 2. The Kier molecular flexibility index (Phi) is 5.82. The zero-order valence-corrected chi connectivity index (χ0v) is 14.8. The summed E-state index contributed by atoms with van der Waals surface area (Å²) in [7, 11) is 2.02. The summed E-state index contributed by atoms with van der Waals surface area (Å²) in [5.74, 6) is 1.01. The molecule has 1 atom stereocenters. The molecular weight excluding hydrogens is 328 g/mol. The molecule has 0 aliphatic carbocycles. The van der Waals surface area contributed by atoms with E-state index >= 15 is 0 Å².